The van der Waals surface area contributed by atoms with Crippen LogP contribution >= 0.6 is 0 Å². The molecule has 5 rings (SSSR count). The van der Waals surface area contributed by atoms with E-state index in [-0.39, 0.29) is 35.5 Å². The Morgan fingerprint density at radius 1 is 1.20 bits per heavy atom. The number of amides is 2. The van der Waals surface area contributed by atoms with E-state index in [9.17, 15) is 14.0 Å². The first-order valence-corrected chi connectivity index (χ1v) is 10.6. The molecule has 1 aromatic carbocycles. The van der Waals surface area contributed by atoms with Crippen LogP contribution in [0.15, 0.2) is 30.5 Å². The van der Waals surface area contributed by atoms with Gasteiger partial charge in [-0.05, 0) is 17.7 Å². The SMILES string of the molecule is CC(=O)N1C[C@H]2CN(C(=O)c3cn4c(n3)CCNCC4)C[C@H]2[C@H]1c1cccc(F)c1. The van der Waals surface area contributed by atoms with Gasteiger partial charge in [-0.1, -0.05) is 12.1 Å². The van der Waals surface area contributed by atoms with Crippen LogP contribution in [0.2, 0.25) is 0 Å². The van der Waals surface area contributed by atoms with Gasteiger partial charge in [0.2, 0.25) is 5.91 Å². The lowest BCUT2D eigenvalue weighted by Gasteiger charge is -2.29. The number of likely N-dealkylation sites (tertiary alicyclic amines) is 2. The average molecular weight is 411 g/mol. The van der Waals surface area contributed by atoms with Crippen molar-refractivity contribution in [2.45, 2.75) is 25.9 Å². The molecule has 2 fully saturated rings. The van der Waals surface area contributed by atoms with E-state index >= 15 is 0 Å². The fourth-order valence-corrected chi connectivity index (χ4v) is 5.29. The van der Waals surface area contributed by atoms with Gasteiger partial charge in [0.15, 0.2) is 0 Å². The van der Waals surface area contributed by atoms with E-state index in [0.717, 1.165) is 37.4 Å². The molecule has 2 amide bonds. The molecule has 3 aliphatic heterocycles. The molecule has 7 nitrogen and oxygen atoms in total. The molecule has 1 aromatic heterocycles. The molecule has 2 saturated heterocycles. The summed E-state index contributed by atoms with van der Waals surface area (Å²) in [6, 6.07) is 6.27. The highest BCUT2D eigenvalue weighted by Gasteiger charge is 2.49. The second-order valence-corrected chi connectivity index (χ2v) is 8.54. The first kappa shape index (κ1) is 19.2. The molecule has 0 unspecified atom stereocenters. The van der Waals surface area contributed by atoms with Gasteiger partial charge >= 0.3 is 0 Å². The van der Waals surface area contributed by atoms with Crippen molar-refractivity contribution in [1.82, 2.24) is 24.7 Å². The van der Waals surface area contributed by atoms with Crippen LogP contribution in [0, 0.1) is 17.7 Å². The number of nitrogens with one attached hydrogen (secondary N) is 1. The minimum atomic E-state index is -0.306. The smallest absolute Gasteiger partial charge is 0.274 e. The van der Waals surface area contributed by atoms with E-state index in [0.29, 0.717) is 25.3 Å². The third-order valence-electron chi connectivity index (χ3n) is 6.68. The molecule has 2 aromatic rings. The molecule has 0 bridgehead atoms. The Labute approximate surface area is 174 Å². The molecule has 1 N–H and O–H groups in total. The Morgan fingerprint density at radius 3 is 2.87 bits per heavy atom. The third-order valence-corrected chi connectivity index (χ3v) is 6.68. The number of hydrogen-bond donors (Lipinski definition) is 1. The fraction of sp³-hybridized carbons (Fsp3) is 0.500. The summed E-state index contributed by atoms with van der Waals surface area (Å²) in [6.45, 7) is 5.87. The number of aromatic nitrogens is 2. The minimum absolute atomic E-state index is 0.0111. The van der Waals surface area contributed by atoms with Gasteiger partial charge in [-0.25, -0.2) is 9.37 Å². The van der Waals surface area contributed by atoms with Crippen LogP contribution < -0.4 is 5.32 Å². The largest absolute Gasteiger partial charge is 0.337 e. The molecular formula is C22H26FN5O2. The Morgan fingerprint density at radius 2 is 2.07 bits per heavy atom. The zero-order valence-electron chi connectivity index (χ0n) is 17.1. The number of imidazole rings is 1. The topological polar surface area (TPSA) is 70.5 Å². The molecule has 8 heteroatoms. The van der Waals surface area contributed by atoms with Crippen LogP contribution in [0.4, 0.5) is 4.39 Å². The quantitative estimate of drug-likeness (QED) is 0.812. The van der Waals surface area contributed by atoms with E-state index in [1.54, 1.807) is 13.0 Å². The van der Waals surface area contributed by atoms with Gasteiger partial charge in [-0.3, -0.25) is 9.59 Å². The number of benzene rings is 1. The molecule has 0 radical (unpaired) electrons. The van der Waals surface area contributed by atoms with Crippen molar-refractivity contribution < 1.29 is 14.0 Å². The van der Waals surface area contributed by atoms with E-state index in [1.807, 2.05) is 22.1 Å². The molecule has 0 aliphatic carbocycles. The number of carbonyl (C=O) groups is 2. The lowest BCUT2D eigenvalue weighted by atomic mass is 9.89. The zero-order chi connectivity index (χ0) is 20.8. The second kappa shape index (κ2) is 7.50. The second-order valence-electron chi connectivity index (χ2n) is 8.54. The first-order valence-electron chi connectivity index (χ1n) is 10.6. The summed E-state index contributed by atoms with van der Waals surface area (Å²) in [7, 11) is 0. The van der Waals surface area contributed by atoms with Crippen molar-refractivity contribution in [3.8, 4) is 0 Å². The van der Waals surface area contributed by atoms with Crippen LogP contribution in [0.1, 0.15) is 34.8 Å². The van der Waals surface area contributed by atoms with E-state index in [4.69, 9.17) is 0 Å². The Bertz CT molecular complexity index is 966. The van der Waals surface area contributed by atoms with Crippen molar-refractivity contribution in [3.63, 3.8) is 0 Å². The molecule has 0 spiro atoms. The molecule has 4 heterocycles. The molecule has 158 valence electrons. The van der Waals surface area contributed by atoms with Crippen molar-refractivity contribution in [2.75, 3.05) is 32.7 Å². The lowest BCUT2D eigenvalue weighted by Crippen LogP contribution is -2.36. The summed E-state index contributed by atoms with van der Waals surface area (Å²) in [5.41, 5.74) is 1.30. The highest BCUT2D eigenvalue weighted by Crippen LogP contribution is 2.45. The molecular weight excluding hydrogens is 385 g/mol. The van der Waals surface area contributed by atoms with Crippen molar-refractivity contribution in [2.24, 2.45) is 11.8 Å². The Balaban J connectivity index is 1.38. The monoisotopic (exact) mass is 411 g/mol. The fourth-order valence-electron chi connectivity index (χ4n) is 5.29. The van der Waals surface area contributed by atoms with Crippen molar-refractivity contribution in [1.29, 1.82) is 0 Å². The number of carbonyl (C=O) groups excluding carboxylic acids is 2. The van der Waals surface area contributed by atoms with Crippen LogP contribution in [0.5, 0.6) is 0 Å². The average Bonchev–Trinajstić information content (AvgIpc) is 3.36. The molecule has 30 heavy (non-hydrogen) atoms. The van der Waals surface area contributed by atoms with E-state index < -0.39 is 0 Å². The van der Waals surface area contributed by atoms with Crippen LogP contribution in [0.3, 0.4) is 0 Å². The first-order chi connectivity index (χ1) is 14.5. The number of nitrogens with zero attached hydrogens (tertiary/aromatic N) is 4. The van der Waals surface area contributed by atoms with E-state index in [1.165, 1.54) is 12.1 Å². The summed E-state index contributed by atoms with van der Waals surface area (Å²) >= 11 is 0. The van der Waals surface area contributed by atoms with Gasteiger partial charge in [0, 0.05) is 70.6 Å². The van der Waals surface area contributed by atoms with Crippen LogP contribution in [-0.2, 0) is 17.8 Å². The Hall–Kier alpha value is -2.74. The molecule has 0 saturated carbocycles. The molecule has 3 aliphatic rings. The summed E-state index contributed by atoms with van der Waals surface area (Å²) in [4.78, 5) is 33.7. The lowest BCUT2D eigenvalue weighted by molar-refractivity contribution is -0.130. The summed E-state index contributed by atoms with van der Waals surface area (Å²) < 4.78 is 15.9. The zero-order valence-corrected chi connectivity index (χ0v) is 17.1. The number of hydrogen-bond acceptors (Lipinski definition) is 4. The van der Waals surface area contributed by atoms with Gasteiger partial charge in [0.1, 0.15) is 17.3 Å². The van der Waals surface area contributed by atoms with Crippen LogP contribution in [0.25, 0.3) is 0 Å². The molecule has 3 atom stereocenters. The summed E-state index contributed by atoms with van der Waals surface area (Å²) in [6.07, 6.45) is 2.68. The maximum Gasteiger partial charge on any atom is 0.274 e. The van der Waals surface area contributed by atoms with Gasteiger partial charge in [-0.15, -0.1) is 0 Å². The number of rotatable bonds is 2. The predicted octanol–water partition coefficient (Wildman–Crippen LogP) is 1.46. The van der Waals surface area contributed by atoms with Crippen LogP contribution in [-0.4, -0.2) is 63.9 Å². The minimum Gasteiger partial charge on any atom is -0.337 e. The third kappa shape index (κ3) is 3.29. The highest BCUT2D eigenvalue weighted by molar-refractivity contribution is 5.92. The normalized spacial score (nSPS) is 25.7. The van der Waals surface area contributed by atoms with Gasteiger partial charge < -0.3 is 19.7 Å². The standard InChI is InChI=1S/C22H26FN5O2/c1-14(29)28-11-16-10-27(12-18(16)21(28)15-3-2-4-17(23)9-15)22(30)19-13-26-8-7-24-6-5-20(26)25-19/h2-4,9,13,16,18,21,24H,5-8,10-12H2,1H3/t16-,18-,21-/m1/s1. The number of halogens is 1. The maximum atomic E-state index is 13.9. The van der Waals surface area contributed by atoms with Crippen molar-refractivity contribution >= 4 is 11.8 Å². The number of fused-ring (bicyclic) bond motifs is 2. The van der Waals surface area contributed by atoms with Crippen molar-refractivity contribution in [3.05, 3.63) is 53.4 Å². The highest BCUT2D eigenvalue weighted by atomic mass is 19.1. The predicted molar refractivity (Wildman–Crippen MR) is 108 cm³/mol. The van der Waals surface area contributed by atoms with Gasteiger partial charge in [0.05, 0.1) is 6.04 Å². The summed E-state index contributed by atoms with van der Waals surface area (Å²) in [5.74, 6) is 0.871. The van der Waals surface area contributed by atoms with Gasteiger partial charge in [0.25, 0.3) is 5.91 Å². The van der Waals surface area contributed by atoms with E-state index in [2.05, 4.69) is 14.9 Å². The van der Waals surface area contributed by atoms with Gasteiger partial charge in [-0.2, -0.15) is 0 Å². The maximum absolute atomic E-state index is 13.9. The summed E-state index contributed by atoms with van der Waals surface area (Å²) in [5, 5.41) is 3.33. The Kier molecular flexibility index (Phi) is 4.81.